The van der Waals surface area contributed by atoms with Gasteiger partial charge in [-0.25, -0.2) is 4.98 Å². The minimum absolute atomic E-state index is 0.0583. The number of carboxylic acid groups (broad SMARTS) is 1. The summed E-state index contributed by atoms with van der Waals surface area (Å²) in [5.74, 6) is 0.781. The maximum absolute atomic E-state index is 12.9. The molecule has 0 radical (unpaired) electrons. The number of amides is 1. The Kier molecular flexibility index (Phi) is 9.11. The Morgan fingerprint density at radius 3 is 2.64 bits per heavy atom. The molecule has 174 valence electrons. The molecule has 2 N–H and O–H groups in total. The molecule has 33 heavy (non-hydrogen) atoms. The molecule has 3 rings (SSSR count). The van der Waals surface area contributed by atoms with E-state index in [0.29, 0.717) is 40.3 Å². The van der Waals surface area contributed by atoms with Crippen LogP contribution in [0, 0.1) is 0 Å². The second-order valence-electron chi connectivity index (χ2n) is 6.92. The van der Waals surface area contributed by atoms with Crippen molar-refractivity contribution in [3.8, 4) is 17.2 Å². The van der Waals surface area contributed by atoms with Crippen LogP contribution in [0.4, 0.5) is 5.13 Å². The first kappa shape index (κ1) is 24.6. The Morgan fingerprint density at radius 2 is 1.91 bits per heavy atom. The summed E-state index contributed by atoms with van der Waals surface area (Å²) in [7, 11) is 1.59. The number of benzene rings is 2. The van der Waals surface area contributed by atoms with Gasteiger partial charge in [-0.3, -0.25) is 14.9 Å². The number of carboxylic acids is 1. The standard InChI is InChI=1S/C23H24N2O6S2/c1-15(14-29-2)30-18-10-16(11-19(12-18)31-17-6-4-3-5-7-17)22(28)25-23-24-13-21(33-23)32-9-8-20(26)27/h3-7,10-13,15H,8-9,14H2,1-2H3,(H,26,27)(H,24,25,28)/t15-/m0/s1. The number of ether oxygens (including phenoxy) is 3. The van der Waals surface area contributed by atoms with E-state index in [1.807, 2.05) is 37.3 Å². The van der Waals surface area contributed by atoms with E-state index in [1.54, 1.807) is 31.5 Å². The summed E-state index contributed by atoms with van der Waals surface area (Å²) in [5.41, 5.74) is 0.346. The third-order valence-corrected chi connectivity index (χ3v) is 6.23. The number of nitrogens with zero attached hydrogens (tertiary/aromatic N) is 1. The van der Waals surface area contributed by atoms with Crippen LogP contribution in [0.5, 0.6) is 17.2 Å². The second-order valence-corrected chi connectivity index (χ2v) is 9.35. The summed E-state index contributed by atoms with van der Waals surface area (Å²) in [6, 6.07) is 14.2. The van der Waals surface area contributed by atoms with E-state index in [2.05, 4.69) is 10.3 Å². The normalized spacial score (nSPS) is 11.6. The third kappa shape index (κ3) is 8.08. The highest BCUT2D eigenvalue weighted by Crippen LogP contribution is 2.31. The molecular formula is C23H24N2O6S2. The molecule has 1 heterocycles. The van der Waals surface area contributed by atoms with Gasteiger partial charge in [-0.15, -0.1) is 11.8 Å². The van der Waals surface area contributed by atoms with Crippen molar-refractivity contribution < 1.29 is 28.9 Å². The highest BCUT2D eigenvalue weighted by atomic mass is 32.2. The number of methoxy groups -OCH3 is 1. The number of carbonyl (C=O) groups is 2. The van der Waals surface area contributed by atoms with Crippen molar-refractivity contribution in [1.29, 1.82) is 0 Å². The van der Waals surface area contributed by atoms with Crippen LogP contribution in [-0.2, 0) is 9.53 Å². The number of thioether (sulfide) groups is 1. The molecular weight excluding hydrogens is 464 g/mol. The molecule has 3 aromatic rings. The fraction of sp³-hybridized carbons (Fsp3) is 0.261. The van der Waals surface area contributed by atoms with Crippen LogP contribution in [0.15, 0.2) is 58.9 Å². The van der Waals surface area contributed by atoms with Crippen molar-refractivity contribution in [2.24, 2.45) is 0 Å². The maximum atomic E-state index is 12.9. The molecule has 0 saturated carbocycles. The topological polar surface area (TPSA) is 107 Å². The third-order valence-electron chi connectivity index (χ3n) is 4.12. The first-order valence-electron chi connectivity index (χ1n) is 10.1. The number of rotatable bonds is 12. The van der Waals surface area contributed by atoms with E-state index in [-0.39, 0.29) is 18.4 Å². The van der Waals surface area contributed by atoms with Crippen molar-refractivity contribution in [2.75, 3.05) is 24.8 Å². The molecule has 0 spiro atoms. The van der Waals surface area contributed by atoms with E-state index < -0.39 is 5.97 Å². The number of thiazole rings is 1. The fourth-order valence-electron chi connectivity index (χ4n) is 2.75. The summed E-state index contributed by atoms with van der Waals surface area (Å²) < 4.78 is 17.8. The summed E-state index contributed by atoms with van der Waals surface area (Å²) in [5, 5.41) is 12.0. The zero-order valence-electron chi connectivity index (χ0n) is 18.1. The van der Waals surface area contributed by atoms with E-state index in [0.717, 1.165) is 4.21 Å². The van der Waals surface area contributed by atoms with Crippen molar-refractivity contribution in [1.82, 2.24) is 4.98 Å². The minimum atomic E-state index is -0.851. The van der Waals surface area contributed by atoms with Crippen LogP contribution in [0.3, 0.4) is 0 Å². The predicted octanol–water partition coefficient (Wildman–Crippen LogP) is 5.17. The van der Waals surface area contributed by atoms with Crippen LogP contribution in [-0.4, -0.2) is 47.5 Å². The molecule has 0 fully saturated rings. The summed E-state index contributed by atoms with van der Waals surface area (Å²) in [6.07, 6.45) is 1.45. The molecule has 0 saturated heterocycles. The molecule has 0 aliphatic heterocycles. The Bertz CT molecular complexity index is 1070. The lowest BCUT2D eigenvalue weighted by Gasteiger charge is -2.16. The fourth-order valence-corrected chi connectivity index (χ4v) is 4.62. The SMILES string of the molecule is COC[C@H](C)Oc1cc(Oc2ccccc2)cc(C(=O)Nc2ncc(SCCC(=O)O)s2)c1. The number of nitrogens with one attached hydrogen (secondary N) is 1. The number of aliphatic carboxylic acids is 1. The Morgan fingerprint density at radius 1 is 1.15 bits per heavy atom. The monoisotopic (exact) mass is 488 g/mol. The highest BCUT2D eigenvalue weighted by Gasteiger charge is 2.15. The van der Waals surface area contributed by atoms with Gasteiger partial charge in [-0.05, 0) is 31.2 Å². The minimum Gasteiger partial charge on any atom is -0.488 e. The molecule has 1 amide bonds. The van der Waals surface area contributed by atoms with Gasteiger partial charge in [-0.2, -0.15) is 0 Å². The number of carbonyl (C=O) groups excluding carboxylic acids is 1. The quantitative estimate of drug-likeness (QED) is 0.336. The molecule has 1 aromatic heterocycles. The molecule has 8 nitrogen and oxygen atoms in total. The lowest BCUT2D eigenvalue weighted by molar-refractivity contribution is -0.136. The summed E-state index contributed by atoms with van der Waals surface area (Å²) in [4.78, 5) is 27.8. The van der Waals surface area contributed by atoms with Gasteiger partial charge in [0.2, 0.25) is 0 Å². The smallest absolute Gasteiger partial charge is 0.304 e. The molecule has 0 unspecified atom stereocenters. The largest absolute Gasteiger partial charge is 0.488 e. The van der Waals surface area contributed by atoms with Gasteiger partial charge in [0.25, 0.3) is 5.91 Å². The van der Waals surface area contributed by atoms with Crippen molar-refractivity contribution in [3.63, 3.8) is 0 Å². The van der Waals surface area contributed by atoms with Crippen LogP contribution in [0.25, 0.3) is 0 Å². The van der Waals surface area contributed by atoms with Gasteiger partial charge in [-0.1, -0.05) is 29.5 Å². The van der Waals surface area contributed by atoms with E-state index in [4.69, 9.17) is 19.3 Å². The van der Waals surface area contributed by atoms with Gasteiger partial charge in [0, 0.05) is 24.5 Å². The van der Waals surface area contributed by atoms with Crippen molar-refractivity contribution in [2.45, 2.75) is 23.7 Å². The first-order chi connectivity index (χ1) is 15.9. The summed E-state index contributed by atoms with van der Waals surface area (Å²) in [6.45, 7) is 2.26. The van der Waals surface area contributed by atoms with Crippen molar-refractivity contribution in [3.05, 3.63) is 60.3 Å². The van der Waals surface area contributed by atoms with Crippen molar-refractivity contribution >= 4 is 40.1 Å². The molecule has 0 aliphatic carbocycles. The lowest BCUT2D eigenvalue weighted by atomic mass is 10.2. The number of aromatic nitrogens is 1. The van der Waals surface area contributed by atoms with Gasteiger partial charge >= 0.3 is 5.97 Å². The molecule has 0 bridgehead atoms. The average Bonchev–Trinajstić information content (AvgIpc) is 3.21. The maximum Gasteiger partial charge on any atom is 0.304 e. The molecule has 2 aromatic carbocycles. The van der Waals surface area contributed by atoms with Gasteiger partial charge in [0.05, 0.1) is 23.4 Å². The average molecular weight is 489 g/mol. The molecule has 10 heteroatoms. The Labute approximate surface area is 199 Å². The number of hydrogen-bond donors (Lipinski definition) is 2. The molecule has 1 atom stereocenters. The Hall–Kier alpha value is -3.08. The number of anilines is 1. The predicted molar refractivity (Wildman–Crippen MR) is 128 cm³/mol. The van der Waals surface area contributed by atoms with Gasteiger partial charge in [0.1, 0.15) is 23.4 Å². The van der Waals surface area contributed by atoms with Crippen LogP contribution >= 0.6 is 23.1 Å². The van der Waals surface area contributed by atoms with E-state index in [1.165, 1.54) is 23.1 Å². The zero-order chi connectivity index (χ0) is 23.6. The van der Waals surface area contributed by atoms with Gasteiger partial charge < -0.3 is 19.3 Å². The van der Waals surface area contributed by atoms with Crippen LogP contribution < -0.4 is 14.8 Å². The lowest BCUT2D eigenvalue weighted by Crippen LogP contribution is -2.18. The van der Waals surface area contributed by atoms with Crippen LogP contribution in [0.1, 0.15) is 23.7 Å². The number of hydrogen-bond acceptors (Lipinski definition) is 8. The van der Waals surface area contributed by atoms with E-state index >= 15 is 0 Å². The highest BCUT2D eigenvalue weighted by molar-refractivity contribution is 8.01. The second kappa shape index (κ2) is 12.2. The molecule has 0 aliphatic rings. The first-order valence-corrected chi connectivity index (χ1v) is 11.9. The summed E-state index contributed by atoms with van der Waals surface area (Å²) >= 11 is 2.67. The zero-order valence-corrected chi connectivity index (χ0v) is 19.8. The van der Waals surface area contributed by atoms with E-state index in [9.17, 15) is 9.59 Å². The van der Waals surface area contributed by atoms with Gasteiger partial charge in [0.15, 0.2) is 5.13 Å². The number of para-hydroxylation sites is 1. The Balaban J connectivity index is 1.75. The van der Waals surface area contributed by atoms with Crippen LogP contribution in [0.2, 0.25) is 0 Å².